The number of hydrogen-bond donors (Lipinski definition) is 0. The first-order chi connectivity index (χ1) is 12.1. The second kappa shape index (κ2) is 8.07. The molecule has 1 aliphatic rings. The van der Waals surface area contributed by atoms with Gasteiger partial charge in [0.1, 0.15) is 5.76 Å². The molecular weight excluding hydrogens is 351 g/mol. The molecule has 0 spiro atoms. The molecule has 0 aliphatic carbocycles. The van der Waals surface area contributed by atoms with E-state index in [1.165, 1.54) is 12.1 Å². The first kappa shape index (κ1) is 20.2. The van der Waals surface area contributed by atoms with E-state index in [2.05, 4.69) is 0 Å². The number of nitro groups is 1. The molecule has 0 radical (unpaired) electrons. The topological polar surface area (TPSA) is 61.6 Å². The van der Waals surface area contributed by atoms with Crippen molar-refractivity contribution in [2.45, 2.75) is 33.2 Å². The summed E-state index contributed by atoms with van der Waals surface area (Å²) < 4.78 is 49.4. The third-order valence-electron chi connectivity index (χ3n) is 4.39. The van der Waals surface area contributed by atoms with Crippen LogP contribution < -0.4 is 0 Å². The van der Waals surface area contributed by atoms with E-state index in [1.54, 1.807) is 13.0 Å². The van der Waals surface area contributed by atoms with E-state index in [0.29, 0.717) is 17.9 Å². The second-order valence-electron chi connectivity index (χ2n) is 6.55. The number of alkyl halides is 3. The summed E-state index contributed by atoms with van der Waals surface area (Å²) in [6.07, 6.45) is -3.46. The van der Waals surface area contributed by atoms with E-state index in [4.69, 9.17) is 9.47 Å². The monoisotopic (exact) mass is 373 g/mol. The van der Waals surface area contributed by atoms with Gasteiger partial charge in [0.05, 0.1) is 11.5 Å². The van der Waals surface area contributed by atoms with Gasteiger partial charge >= 0.3 is 6.18 Å². The van der Waals surface area contributed by atoms with Crippen LogP contribution in [-0.2, 0) is 15.7 Å². The zero-order valence-corrected chi connectivity index (χ0v) is 14.8. The van der Waals surface area contributed by atoms with Gasteiger partial charge in [0.2, 0.25) is 12.8 Å². The molecule has 0 bridgehead atoms. The SMILES string of the molecule is CCO[C@H]1O/C(=C\c2ccc(C(F)(F)F)cc2)[C@@H](C[N+](=O)[O-])[C@H]1C(C)C. The third-order valence-corrected chi connectivity index (χ3v) is 4.39. The molecule has 8 heteroatoms. The molecule has 0 aromatic heterocycles. The highest BCUT2D eigenvalue weighted by Crippen LogP contribution is 2.41. The molecule has 1 saturated heterocycles. The van der Waals surface area contributed by atoms with Gasteiger partial charge in [-0.2, -0.15) is 13.2 Å². The number of rotatable bonds is 6. The maximum absolute atomic E-state index is 12.7. The Hall–Kier alpha value is -2.09. The van der Waals surface area contributed by atoms with Gasteiger partial charge < -0.3 is 9.47 Å². The number of ether oxygens (including phenoxy) is 2. The predicted octanol–water partition coefficient (Wildman–Crippen LogP) is 4.60. The summed E-state index contributed by atoms with van der Waals surface area (Å²) >= 11 is 0. The Morgan fingerprint density at radius 2 is 1.92 bits per heavy atom. The molecule has 2 rings (SSSR count). The van der Waals surface area contributed by atoms with Crippen LogP contribution in [0.2, 0.25) is 0 Å². The zero-order valence-electron chi connectivity index (χ0n) is 14.8. The van der Waals surface area contributed by atoms with Crippen LogP contribution in [0.15, 0.2) is 30.0 Å². The minimum Gasteiger partial charge on any atom is -0.468 e. The quantitative estimate of drug-likeness (QED) is 0.540. The molecule has 0 saturated carbocycles. The Morgan fingerprint density at radius 1 is 1.31 bits per heavy atom. The molecule has 1 aromatic rings. The van der Waals surface area contributed by atoms with E-state index in [-0.39, 0.29) is 18.4 Å². The lowest BCUT2D eigenvalue weighted by Crippen LogP contribution is -2.31. The minimum atomic E-state index is -4.41. The Balaban J connectivity index is 2.34. The molecule has 1 heterocycles. The van der Waals surface area contributed by atoms with Crippen molar-refractivity contribution < 1.29 is 27.6 Å². The van der Waals surface area contributed by atoms with Crippen LogP contribution in [-0.4, -0.2) is 24.4 Å². The molecule has 1 fully saturated rings. The Bertz CT molecular complexity index is 655. The van der Waals surface area contributed by atoms with Crippen molar-refractivity contribution in [2.75, 3.05) is 13.2 Å². The maximum Gasteiger partial charge on any atom is 0.416 e. The summed E-state index contributed by atoms with van der Waals surface area (Å²) in [6.45, 7) is 5.76. The fourth-order valence-electron chi connectivity index (χ4n) is 3.21. The lowest BCUT2D eigenvalue weighted by molar-refractivity contribution is -0.488. The van der Waals surface area contributed by atoms with Crippen LogP contribution in [0.1, 0.15) is 31.9 Å². The molecule has 0 unspecified atom stereocenters. The summed E-state index contributed by atoms with van der Waals surface area (Å²) in [7, 11) is 0. The van der Waals surface area contributed by atoms with Crippen molar-refractivity contribution in [2.24, 2.45) is 17.8 Å². The number of halogens is 3. The highest BCUT2D eigenvalue weighted by molar-refractivity contribution is 5.53. The summed E-state index contributed by atoms with van der Waals surface area (Å²) in [4.78, 5) is 10.7. The standard InChI is InChI=1S/C18H22F3NO4/c1-4-25-17-16(11(2)3)14(10-22(23)24)15(26-17)9-12-5-7-13(8-6-12)18(19,20)21/h5-9,11,14,16-17H,4,10H2,1-3H3/b15-9-/t14-,16-,17+/m1/s1. The largest absolute Gasteiger partial charge is 0.468 e. The Morgan fingerprint density at radius 3 is 2.38 bits per heavy atom. The predicted molar refractivity (Wildman–Crippen MR) is 89.6 cm³/mol. The molecule has 0 amide bonds. The summed E-state index contributed by atoms with van der Waals surface area (Å²) in [5, 5.41) is 11.1. The molecule has 1 aliphatic heterocycles. The Kier molecular flexibility index (Phi) is 6.28. The third kappa shape index (κ3) is 4.75. The second-order valence-corrected chi connectivity index (χ2v) is 6.55. The van der Waals surface area contributed by atoms with Crippen molar-refractivity contribution in [3.8, 4) is 0 Å². The average Bonchev–Trinajstić information content (AvgIpc) is 2.84. The molecule has 3 atom stereocenters. The summed E-state index contributed by atoms with van der Waals surface area (Å²) in [5.74, 6) is -0.251. The van der Waals surface area contributed by atoms with Crippen molar-refractivity contribution >= 4 is 6.08 Å². The van der Waals surface area contributed by atoms with Crippen LogP contribution in [0, 0.1) is 27.9 Å². The minimum absolute atomic E-state index is 0.0787. The fraction of sp³-hybridized carbons (Fsp3) is 0.556. The molecule has 5 nitrogen and oxygen atoms in total. The fourth-order valence-corrected chi connectivity index (χ4v) is 3.21. The molecule has 1 aromatic carbocycles. The van der Waals surface area contributed by atoms with E-state index < -0.39 is 28.9 Å². The first-order valence-electron chi connectivity index (χ1n) is 8.42. The summed E-state index contributed by atoms with van der Waals surface area (Å²) in [5.41, 5.74) is -0.262. The highest BCUT2D eigenvalue weighted by atomic mass is 19.4. The molecular formula is C18H22F3NO4. The van der Waals surface area contributed by atoms with Crippen LogP contribution in [0.5, 0.6) is 0 Å². The van der Waals surface area contributed by atoms with Gasteiger partial charge in [-0.3, -0.25) is 10.1 Å². The van der Waals surface area contributed by atoms with Gasteiger partial charge in [-0.1, -0.05) is 26.0 Å². The van der Waals surface area contributed by atoms with Crippen molar-refractivity contribution in [3.05, 3.63) is 51.3 Å². The van der Waals surface area contributed by atoms with E-state index in [0.717, 1.165) is 12.1 Å². The molecule has 26 heavy (non-hydrogen) atoms. The lowest BCUT2D eigenvalue weighted by atomic mass is 9.83. The maximum atomic E-state index is 12.7. The van der Waals surface area contributed by atoms with Gasteiger partial charge in [0, 0.05) is 17.4 Å². The lowest BCUT2D eigenvalue weighted by Gasteiger charge is -2.23. The van der Waals surface area contributed by atoms with Gasteiger partial charge in [0.25, 0.3) is 0 Å². The summed E-state index contributed by atoms with van der Waals surface area (Å²) in [6, 6.07) is 4.59. The number of nitrogens with zero attached hydrogens (tertiary/aromatic N) is 1. The van der Waals surface area contributed by atoms with Crippen LogP contribution in [0.3, 0.4) is 0 Å². The van der Waals surface area contributed by atoms with Crippen molar-refractivity contribution in [1.29, 1.82) is 0 Å². The average molecular weight is 373 g/mol. The Labute approximate surface area is 149 Å². The van der Waals surface area contributed by atoms with Gasteiger partial charge in [-0.05, 0) is 36.6 Å². The van der Waals surface area contributed by atoms with Crippen molar-refractivity contribution in [1.82, 2.24) is 0 Å². The van der Waals surface area contributed by atoms with Crippen LogP contribution in [0.4, 0.5) is 13.2 Å². The first-order valence-corrected chi connectivity index (χ1v) is 8.42. The van der Waals surface area contributed by atoms with Gasteiger partial charge in [-0.25, -0.2) is 0 Å². The molecule has 144 valence electrons. The van der Waals surface area contributed by atoms with Gasteiger partial charge in [0.15, 0.2) is 0 Å². The van der Waals surface area contributed by atoms with E-state index in [9.17, 15) is 23.3 Å². The normalized spacial score (nSPS) is 24.9. The smallest absolute Gasteiger partial charge is 0.416 e. The molecule has 0 N–H and O–H groups in total. The van der Waals surface area contributed by atoms with Crippen molar-refractivity contribution in [3.63, 3.8) is 0 Å². The van der Waals surface area contributed by atoms with Crippen LogP contribution in [0.25, 0.3) is 6.08 Å². The van der Waals surface area contributed by atoms with E-state index >= 15 is 0 Å². The number of benzene rings is 1. The number of hydrogen-bond acceptors (Lipinski definition) is 4. The zero-order chi connectivity index (χ0) is 19.5. The van der Waals surface area contributed by atoms with Crippen LogP contribution >= 0.6 is 0 Å². The highest BCUT2D eigenvalue weighted by Gasteiger charge is 2.46. The van der Waals surface area contributed by atoms with Gasteiger partial charge in [-0.15, -0.1) is 0 Å². The van der Waals surface area contributed by atoms with E-state index in [1.807, 2.05) is 13.8 Å².